The summed E-state index contributed by atoms with van der Waals surface area (Å²) in [6.45, 7) is 6.78. The maximum atomic E-state index is 5.74. The topological polar surface area (TPSA) is 26.5 Å². The SMILES string of the molecule is Cc1nc2sc3ccccc3n2c1COC(C)C.Cl. The van der Waals surface area contributed by atoms with Crippen molar-refractivity contribution >= 4 is 38.9 Å². The summed E-state index contributed by atoms with van der Waals surface area (Å²) in [5, 5.41) is 0. The number of hydrogen-bond donors (Lipinski definition) is 0. The molecule has 0 aliphatic carbocycles. The number of thiazole rings is 1. The number of ether oxygens (including phenoxy) is 1. The van der Waals surface area contributed by atoms with Crippen molar-refractivity contribution in [3.8, 4) is 0 Å². The molecule has 3 aromatic rings. The number of imidazole rings is 1. The number of fused-ring (bicyclic) bond motifs is 3. The van der Waals surface area contributed by atoms with Gasteiger partial charge in [0.05, 0.1) is 34.3 Å². The summed E-state index contributed by atoms with van der Waals surface area (Å²) in [6.07, 6.45) is 0.236. The molecule has 0 aliphatic heterocycles. The van der Waals surface area contributed by atoms with Gasteiger partial charge in [-0.2, -0.15) is 0 Å². The largest absolute Gasteiger partial charge is 0.372 e. The first kappa shape index (κ1) is 14.3. The van der Waals surface area contributed by atoms with E-state index in [1.165, 1.54) is 10.2 Å². The maximum absolute atomic E-state index is 5.74. The van der Waals surface area contributed by atoms with Crippen LogP contribution in [-0.4, -0.2) is 15.5 Å². The Morgan fingerprint density at radius 3 is 2.79 bits per heavy atom. The summed E-state index contributed by atoms with van der Waals surface area (Å²) in [5.74, 6) is 0. The highest BCUT2D eigenvalue weighted by atomic mass is 35.5. The van der Waals surface area contributed by atoms with E-state index in [-0.39, 0.29) is 18.5 Å². The van der Waals surface area contributed by atoms with Crippen LogP contribution in [0.15, 0.2) is 24.3 Å². The molecule has 0 saturated heterocycles. The molecule has 5 heteroatoms. The lowest BCUT2D eigenvalue weighted by Crippen LogP contribution is -2.05. The Hall–Kier alpha value is -1.10. The standard InChI is InChI=1S/C14H16N2OS.ClH/c1-9(2)17-8-12-10(3)15-14-16(12)11-6-4-5-7-13(11)18-14;/h4-7,9H,8H2,1-3H3;1H. The highest BCUT2D eigenvalue weighted by Crippen LogP contribution is 2.28. The predicted molar refractivity (Wildman–Crippen MR) is 82.5 cm³/mol. The van der Waals surface area contributed by atoms with Crippen molar-refractivity contribution in [2.75, 3.05) is 0 Å². The fourth-order valence-electron chi connectivity index (χ4n) is 2.09. The van der Waals surface area contributed by atoms with Crippen molar-refractivity contribution in [3.63, 3.8) is 0 Å². The highest BCUT2D eigenvalue weighted by Gasteiger charge is 2.14. The number of halogens is 1. The van der Waals surface area contributed by atoms with Crippen LogP contribution in [0.2, 0.25) is 0 Å². The van der Waals surface area contributed by atoms with Gasteiger partial charge in [0, 0.05) is 0 Å². The molecule has 2 aromatic heterocycles. The minimum Gasteiger partial charge on any atom is -0.372 e. The molecule has 0 saturated carbocycles. The summed E-state index contributed by atoms with van der Waals surface area (Å²) in [5.41, 5.74) is 3.45. The molecule has 0 fully saturated rings. The van der Waals surface area contributed by atoms with Crippen LogP contribution in [0.4, 0.5) is 0 Å². The number of nitrogens with zero attached hydrogens (tertiary/aromatic N) is 2. The molecule has 102 valence electrons. The summed E-state index contributed by atoms with van der Waals surface area (Å²) in [6, 6.07) is 8.41. The summed E-state index contributed by atoms with van der Waals surface area (Å²) < 4.78 is 9.23. The van der Waals surface area contributed by atoms with Gasteiger partial charge in [-0.25, -0.2) is 4.98 Å². The lowest BCUT2D eigenvalue weighted by molar-refractivity contribution is 0.0630. The van der Waals surface area contributed by atoms with Crippen LogP contribution in [0.5, 0.6) is 0 Å². The minimum absolute atomic E-state index is 0. The lowest BCUT2D eigenvalue weighted by Gasteiger charge is -2.07. The van der Waals surface area contributed by atoms with Crippen LogP contribution in [0, 0.1) is 6.92 Å². The molecule has 1 aromatic carbocycles. The van der Waals surface area contributed by atoms with Crippen molar-refractivity contribution in [1.82, 2.24) is 9.38 Å². The van der Waals surface area contributed by atoms with Crippen molar-refractivity contribution in [2.24, 2.45) is 0 Å². The zero-order valence-corrected chi connectivity index (χ0v) is 12.8. The van der Waals surface area contributed by atoms with E-state index in [2.05, 4.69) is 47.5 Å². The first-order valence-corrected chi connectivity index (χ1v) is 6.95. The molecule has 0 atom stereocenters. The molecule has 0 amide bonds. The molecule has 0 bridgehead atoms. The summed E-state index contributed by atoms with van der Waals surface area (Å²) in [4.78, 5) is 5.68. The van der Waals surface area contributed by atoms with Gasteiger partial charge in [0.1, 0.15) is 0 Å². The minimum atomic E-state index is 0. The highest BCUT2D eigenvalue weighted by molar-refractivity contribution is 7.23. The van der Waals surface area contributed by atoms with Gasteiger partial charge in [0.15, 0.2) is 4.96 Å². The fraction of sp³-hybridized carbons (Fsp3) is 0.357. The molecular weight excluding hydrogens is 280 g/mol. The molecule has 3 nitrogen and oxygen atoms in total. The Bertz CT molecular complexity index is 702. The van der Waals surface area contributed by atoms with Crippen molar-refractivity contribution in [3.05, 3.63) is 35.7 Å². The number of benzene rings is 1. The van der Waals surface area contributed by atoms with Crippen LogP contribution in [-0.2, 0) is 11.3 Å². The number of aromatic nitrogens is 2. The van der Waals surface area contributed by atoms with Crippen LogP contribution in [0.25, 0.3) is 15.2 Å². The first-order valence-electron chi connectivity index (χ1n) is 6.14. The lowest BCUT2D eigenvalue weighted by atomic mass is 10.3. The number of para-hydroxylation sites is 1. The quantitative estimate of drug-likeness (QED) is 0.724. The average molecular weight is 297 g/mol. The Kier molecular flexibility index (Phi) is 4.13. The van der Waals surface area contributed by atoms with Gasteiger partial charge in [0.25, 0.3) is 0 Å². The smallest absolute Gasteiger partial charge is 0.195 e. The molecular formula is C14H17ClN2OS. The second kappa shape index (κ2) is 5.49. The number of hydrogen-bond acceptors (Lipinski definition) is 3. The molecule has 0 N–H and O–H groups in total. The first-order chi connectivity index (χ1) is 8.66. The zero-order valence-electron chi connectivity index (χ0n) is 11.2. The molecule has 3 rings (SSSR count). The van der Waals surface area contributed by atoms with Crippen molar-refractivity contribution in [1.29, 1.82) is 0 Å². The molecule has 0 unspecified atom stereocenters. The number of rotatable bonds is 3. The van der Waals surface area contributed by atoms with Crippen LogP contribution >= 0.6 is 23.7 Å². The average Bonchev–Trinajstić information content (AvgIpc) is 2.81. The molecule has 0 radical (unpaired) electrons. The van der Waals surface area contributed by atoms with E-state index >= 15 is 0 Å². The van der Waals surface area contributed by atoms with E-state index in [4.69, 9.17) is 4.74 Å². The van der Waals surface area contributed by atoms with Gasteiger partial charge >= 0.3 is 0 Å². The third-order valence-corrected chi connectivity index (χ3v) is 4.02. The molecule has 19 heavy (non-hydrogen) atoms. The second-order valence-electron chi connectivity index (χ2n) is 4.69. The van der Waals surface area contributed by atoms with Gasteiger partial charge < -0.3 is 4.74 Å². The Balaban J connectivity index is 0.00000133. The second-order valence-corrected chi connectivity index (χ2v) is 5.70. The van der Waals surface area contributed by atoms with Crippen LogP contribution in [0.3, 0.4) is 0 Å². The van der Waals surface area contributed by atoms with Gasteiger partial charge in [-0.3, -0.25) is 4.40 Å². The third kappa shape index (κ3) is 2.48. The Morgan fingerprint density at radius 1 is 1.32 bits per heavy atom. The van der Waals surface area contributed by atoms with E-state index in [0.29, 0.717) is 6.61 Å². The Labute approximate surface area is 122 Å². The molecule has 0 spiro atoms. The van der Waals surface area contributed by atoms with Crippen LogP contribution < -0.4 is 0 Å². The van der Waals surface area contributed by atoms with Crippen molar-refractivity contribution in [2.45, 2.75) is 33.5 Å². The van der Waals surface area contributed by atoms with Gasteiger partial charge in [-0.15, -0.1) is 12.4 Å². The van der Waals surface area contributed by atoms with Gasteiger partial charge in [0.2, 0.25) is 0 Å². The van der Waals surface area contributed by atoms with E-state index in [0.717, 1.165) is 16.3 Å². The summed E-state index contributed by atoms with van der Waals surface area (Å²) >= 11 is 1.73. The Morgan fingerprint density at radius 2 is 2.05 bits per heavy atom. The molecule has 2 heterocycles. The van der Waals surface area contributed by atoms with E-state index in [1.54, 1.807) is 11.3 Å². The van der Waals surface area contributed by atoms with Crippen LogP contribution in [0.1, 0.15) is 25.2 Å². The van der Waals surface area contributed by atoms with E-state index in [9.17, 15) is 0 Å². The van der Waals surface area contributed by atoms with E-state index in [1.807, 2.05) is 6.92 Å². The van der Waals surface area contributed by atoms with Gasteiger partial charge in [-0.05, 0) is 32.9 Å². The third-order valence-electron chi connectivity index (χ3n) is 3.00. The maximum Gasteiger partial charge on any atom is 0.195 e. The predicted octanol–water partition coefficient (Wildman–Crippen LogP) is 4.20. The van der Waals surface area contributed by atoms with Crippen molar-refractivity contribution < 1.29 is 4.74 Å². The fourth-order valence-corrected chi connectivity index (χ4v) is 3.18. The normalized spacial score (nSPS) is 11.4. The molecule has 0 aliphatic rings. The van der Waals surface area contributed by atoms with E-state index < -0.39 is 0 Å². The monoisotopic (exact) mass is 296 g/mol. The van der Waals surface area contributed by atoms with Gasteiger partial charge in [-0.1, -0.05) is 23.5 Å². The summed E-state index contributed by atoms with van der Waals surface area (Å²) in [7, 11) is 0. The zero-order chi connectivity index (χ0) is 12.7. The number of aryl methyl sites for hydroxylation is 1.